The molecule has 1 aliphatic rings. The minimum absolute atomic E-state index is 0.0970. The molecule has 0 atom stereocenters. The van der Waals surface area contributed by atoms with E-state index in [4.69, 9.17) is 4.98 Å². The van der Waals surface area contributed by atoms with Crippen LogP contribution in [0.25, 0.3) is 21.3 Å². The Hall–Kier alpha value is -3.25. The smallest absolute Gasteiger partial charge is 0.253 e. The Bertz CT molecular complexity index is 1180. The van der Waals surface area contributed by atoms with Gasteiger partial charge in [-0.25, -0.2) is 9.97 Å². The molecule has 0 aliphatic carbocycles. The molecule has 1 fully saturated rings. The molecule has 2 aromatic carbocycles. The lowest BCUT2D eigenvalue weighted by molar-refractivity contribution is 0.0746. The summed E-state index contributed by atoms with van der Waals surface area (Å²) in [5, 5.41) is 3.28. The highest BCUT2D eigenvalue weighted by Gasteiger charge is 2.25. The maximum atomic E-state index is 12.8. The fourth-order valence-corrected chi connectivity index (χ4v) is 4.96. The van der Waals surface area contributed by atoms with Crippen molar-refractivity contribution in [3.05, 3.63) is 77.4 Å². The third kappa shape index (κ3) is 3.44. The van der Waals surface area contributed by atoms with Crippen LogP contribution >= 0.6 is 11.3 Å². The summed E-state index contributed by atoms with van der Waals surface area (Å²) in [4.78, 5) is 27.5. The Balaban J connectivity index is 1.44. The van der Waals surface area contributed by atoms with Crippen LogP contribution in [0, 0.1) is 6.92 Å². The van der Waals surface area contributed by atoms with E-state index in [2.05, 4.69) is 39.5 Å². The molecule has 30 heavy (non-hydrogen) atoms. The second kappa shape index (κ2) is 7.88. The van der Waals surface area contributed by atoms with Crippen molar-refractivity contribution < 1.29 is 4.79 Å². The normalized spacial score (nSPS) is 14.3. The van der Waals surface area contributed by atoms with Gasteiger partial charge in [-0.15, -0.1) is 11.3 Å². The van der Waals surface area contributed by atoms with Crippen LogP contribution in [-0.2, 0) is 0 Å². The summed E-state index contributed by atoms with van der Waals surface area (Å²) in [6, 6.07) is 19.9. The molecule has 6 heteroatoms. The topological polar surface area (TPSA) is 49.3 Å². The third-order valence-corrected chi connectivity index (χ3v) is 6.37. The minimum atomic E-state index is 0.0970. The van der Waals surface area contributed by atoms with Crippen LogP contribution in [0.5, 0.6) is 0 Å². The van der Waals surface area contributed by atoms with E-state index in [-0.39, 0.29) is 5.91 Å². The molecule has 150 valence electrons. The summed E-state index contributed by atoms with van der Waals surface area (Å²) in [5.41, 5.74) is 3.10. The van der Waals surface area contributed by atoms with E-state index in [1.54, 1.807) is 11.3 Å². The summed E-state index contributed by atoms with van der Waals surface area (Å²) >= 11 is 1.66. The second-order valence-corrected chi connectivity index (χ2v) is 8.29. The standard InChI is InChI=1S/C24H22N4OS/c1-17-25-22(21-20(16-30-23(21)26-17)18-8-4-2-5-9-18)27-12-14-28(15-13-27)24(29)19-10-6-3-7-11-19/h2-11,16H,12-15H2,1H3. The van der Waals surface area contributed by atoms with E-state index < -0.39 is 0 Å². The number of thiophene rings is 1. The van der Waals surface area contributed by atoms with E-state index in [0.717, 1.165) is 40.5 Å². The summed E-state index contributed by atoms with van der Waals surface area (Å²) in [6.45, 7) is 4.83. The first-order valence-corrected chi connectivity index (χ1v) is 11.0. The van der Waals surface area contributed by atoms with Crippen LogP contribution in [-0.4, -0.2) is 47.0 Å². The summed E-state index contributed by atoms with van der Waals surface area (Å²) in [7, 11) is 0. The van der Waals surface area contributed by atoms with Crippen LogP contribution in [0.1, 0.15) is 16.2 Å². The Labute approximate surface area is 179 Å². The lowest BCUT2D eigenvalue weighted by Crippen LogP contribution is -2.49. The quantitative estimate of drug-likeness (QED) is 0.490. The summed E-state index contributed by atoms with van der Waals surface area (Å²) in [6.07, 6.45) is 0. The van der Waals surface area contributed by atoms with E-state index in [1.165, 1.54) is 11.1 Å². The molecule has 0 spiro atoms. The second-order valence-electron chi connectivity index (χ2n) is 7.44. The number of aromatic nitrogens is 2. The fraction of sp³-hybridized carbons (Fsp3) is 0.208. The van der Waals surface area contributed by atoms with Gasteiger partial charge >= 0.3 is 0 Å². The molecule has 5 rings (SSSR count). The van der Waals surface area contributed by atoms with Gasteiger partial charge in [0.05, 0.1) is 5.39 Å². The zero-order valence-corrected chi connectivity index (χ0v) is 17.6. The molecule has 0 N–H and O–H groups in total. The summed E-state index contributed by atoms with van der Waals surface area (Å²) in [5.74, 6) is 1.85. The molecule has 4 aromatic rings. The summed E-state index contributed by atoms with van der Waals surface area (Å²) < 4.78 is 0. The molecule has 0 saturated carbocycles. The molecule has 1 amide bonds. The first-order chi connectivity index (χ1) is 14.7. The highest BCUT2D eigenvalue weighted by Crippen LogP contribution is 2.38. The van der Waals surface area contributed by atoms with Gasteiger partial charge in [-0.3, -0.25) is 4.79 Å². The first kappa shape index (κ1) is 18.8. The van der Waals surface area contributed by atoms with Gasteiger partial charge < -0.3 is 9.80 Å². The predicted molar refractivity (Wildman–Crippen MR) is 122 cm³/mol. The number of carbonyl (C=O) groups excluding carboxylic acids is 1. The van der Waals surface area contributed by atoms with E-state index >= 15 is 0 Å². The number of amides is 1. The number of carbonyl (C=O) groups is 1. The molecular weight excluding hydrogens is 392 g/mol. The molecule has 0 bridgehead atoms. The van der Waals surface area contributed by atoms with E-state index in [1.807, 2.05) is 48.2 Å². The van der Waals surface area contributed by atoms with Gasteiger partial charge in [-0.1, -0.05) is 48.5 Å². The zero-order chi connectivity index (χ0) is 20.5. The number of piperazine rings is 1. The first-order valence-electron chi connectivity index (χ1n) is 10.1. The van der Waals surface area contributed by atoms with Gasteiger partial charge in [0.15, 0.2) is 0 Å². The Morgan fingerprint density at radius 1 is 0.900 bits per heavy atom. The van der Waals surface area contributed by atoms with Crippen LogP contribution in [0.3, 0.4) is 0 Å². The van der Waals surface area contributed by atoms with Crippen LogP contribution in [0.2, 0.25) is 0 Å². The van der Waals surface area contributed by atoms with Gasteiger partial charge in [0.2, 0.25) is 0 Å². The number of hydrogen-bond acceptors (Lipinski definition) is 5. The van der Waals surface area contributed by atoms with Gasteiger partial charge in [-0.05, 0) is 24.6 Å². The van der Waals surface area contributed by atoms with Gasteiger partial charge in [0, 0.05) is 42.7 Å². The number of aryl methyl sites for hydroxylation is 1. The predicted octanol–water partition coefficient (Wildman–Crippen LogP) is 4.63. The van der Waals surface area contributed by atoms with Crippen LogP contribution in [0.15, 0.2) is 66.0 Å². The van der Waals surface area contributed by atoms with Gasteiger partial charge in [0.1, 0.15) is 16.5 Å². The van der Waals surface area contributed by atoms with Crippen molar-refractivity contribution in [2.24, 2.45) is 0 Å². The number of nitrogens with zero attached hydrogens (tertiary/aromatic N) is 4. The monoisotopic (exact) mass is 414 g/mol. The van der Waals surface area contributed by atoms with Gasteiger partial charge in [0.25, 0.3) is 5.91 Å². The highest BCUT2D eigenvalue weighted by atomic mass is 32.1. The van der Waals surface area contributed by atoms with Crippen LogP contribution < -0.4 is 4.90 Å². The van der Waals surface area contributed by atoms with E-state index in [9.17, 15) is 4.79 Å². The maximum absolute atomic E-state index is 12.8. The molecule has 1 aliphatic heterocycles. The van der Waals surface area contributed by atoms with Crippen molar-refractivity contribution in [1.29, 1.82) is 0 Å². The van der Waals surface area contributed by atoms with Crippen molar-refractivity contribution >= 4 is 33.3 Å². The lowest BCUT2D eigenvalue weighted by atomic mass is 10.1. The average molecular weight is 415 g/mol. The maximum Gasteiger partial charge on any atom is 0.253 e. The van der Waals surface area contributed by atoms with Gasteiger partial charge in [-0.2, -0.15) is 0 Å². The molecule has 5 nitrogen and oxygen atoms in total. The number of rotatable bonds is 3. The number of anilines is 1. The Morgan fingerprint density at radius 2 is 1.57 bits per heavy atom. The Kier molecular flexibility index (Phi) is 4.93. The van der Waals surface area contributed by atoms with Crippen LogP contribution in [0.4, 0.5) is 5.82 Å². The minimum Gasteiger partial charge on any atom is -0.352 e. The van der Waals surface area contributed by atoms with Crippen molar-refractivity contribution in [2.75, 3.05) is 31.1 Å². The number of benzene rings is 2. The third-order valence-electron chi connectivity index (χ3n) is 5.50. The van der Waals surface area contributed by atoms with E-state index in [0.29, 0.717) is 13.1 Å². The van der Waals surface area contributed by atoms with Crippen molar-refractivity contribution in [2.45, 2.75) is 6.92 Å². The molecule has 0 radical (unpaired) electrons. The average Bonchev–Trinajstić information content (AvgIpc) is 3.23. The fourth-order valence-electron chi connectivity index (χ4n) is 3.97. The largest absolute Gasteiger partial charge is 0.352 e. The molecule has 2 aromatic heterocycles. The molecule has 3 heterocycles. The SMILES string of the molecule is Cc1nc(N2CCN(C(=O)c3ccccc3)CC2)c2c(-c3ccccc3)csc2n1. The molecular formula is C24H22N4OS. The van der Waals surface area contributed by atoms with Crippen molar-refractivity contribution in [1.82, 2.24) is 14.9 Å². The lowest BCUT2D eigenvalue weighted by Gasteiger charge is -2.36. The Morgan fingerprint density at radius 3 is 2.27 bits per heavy atom. The highest BCUT2D eigenvalue weighted by molar-refractivity contribution is 7.17. The van der Waals surface area contributed by atoms with Crippen molar-refractivity contribution in [3.8, 4) is 11.1 Å². The number of fused-ring (bicyclic) bond motifs is 1. The van der Waals surface area contributed by atoms with Crippen molar-refractivity contribution in [3.63, 3.8) is 0 Å². The molecule has 1 saturated heterocycles. The number of hydrogen-bond donors (Lipinski definition) is 0. The molecule has 0 unspecified atom stereocenters. The zero-order valence-electron chi connectivity index (χ0n) is 16.8.